The maximum Gasteiger partial charge on any atom is 0.488 e. The van der Waals surface area contributed by atoms with Gasteiger partial charge in [-0.3, -0.25) is 0 Å². The molecule has 0 heterocycles. The van der Waals surface area contributed by atoms with Crippen molar-refractivity contribution in [1.29, 1.82) is 0 Å². The van der Waals surface area contributed by atoms with E-state index in [1.54, 1.807) is 12.1 Å². The maximum atomic E-state index is 8.78. The highest BCUT2D eigenvalue weighted by molar-refractivity contribution is 6.58. The normalized spacial score (nSPS) is 9.92. The lowest BCUT2D eigenvalue weighted by atomic mass is 9.80. The van der Waals surface area contributed by atoms with E-state index in [0.29, 0.717) is 5.46 Å². The van der Waals surface area contributed by atoms with Crippen LogP contribution in [-0.2, 0) is 6.54 Å². The predicted octanol–water partition coefficient (Wildman–Crippen LogP) is -0.914. The zero-order valence-electron chi connectivity index (χ0n) is 6.99. The third kappa shape index (κ3) is 2.34. The Kier molecular flexibility index (Phi) is 3.28. The van der Waals surface area contributed by atoms with E-state index in [1.165, 1.54) is 0 Å². The largest absolute Gasteiger partial charge is 0.488 e. The Balaban J connectivity index is 2.71. The zero-order chi connectivity index (χ0) is 8.97. The van der Waals surface area contributed by atoms with Gasteiger partial charge in [0.2, 0.25) is 0 Å². The van der Waals surface area contributed by atoms with Crippen LogP contribution in [0.2, 0.25) is 0 Å². The van der Waals surface area contributed by atoms with Crippen LogP contribution in [-0.4, -0.2) is 24.2 Å². The van der Waals surface area contributed by atoms with E-state index in [9.17, 15) is 0 Å². The number of hydrogen-bond acceptors (Lipinski definition) is 3. The summed E-state index contributed by atoms with van der Waals surface area (Å²) in [7, 11) is 0.503. The van der Waals surface area contributed by atoms with Gasteiger partial charge in [-0.25, -0.2) is 0 Å². The van der Waals surface area contributed by atoms with Crippen molar-refractivity contribution in [3.05, 3.63) is 29.8 Å². The third-order valence-corrected chi connectivity index (χ3v) is 1.66. The van der Waals surface area contributed by atoms with Gasteiger partial charge >= 0.3 is 7.12 Å². The summed E-state index contributed by atoms with van der Waals surface area (Å²) in [5, 5.41) is 20.6. The molecule has 0 aromatic heterocycles. The SMILES string of the molecule is CNCc1ccc(B(O)O)cc1. The fourth-order valence-corrected chi connectivity index (χ4v) is 1.01. The maximum absolute atomic E-state index is 8.78. The Morgan fingerprint density at radius 2 is 1.83 bits per heavy atom. The Bertz CT molecular complexity index is 235. The second kappa shape index (κ2) is 4.26. The van der Waals surface area contributed by atoms with E-state index in [-0.39, 0.29) is 0 Å². The molecule has 0 aliphatic heterocycles. The summed E-state index contributed by atoms with van der Waals surface area (Å²) >= 11 is 0. The van der Waals surface area contributed by atoms with Gasteiger partial charge in [-0.1, -0.05) is 24.3 Å². The molecule has 0 amide bonds. The van der Waals surface area contributed by atoms with Crippen molar-refractivity contribution in [3.63, 3.8) is 0 Å². The molecule has 0 aliphatic carbocycles. The molecule has 0 fully saturated rings. The first-order chi connectivity index (χ1) is 5.74. The minimum absolute atomic E-state index is 0.523. The molecular weight excluding hydrogens is 153 g/mol. The van der Waals surface area contributed by atoms with E-state index in [1.807, 2.05) is 19.2 Å². The fraction of sp³-hybridized carbons (Fsp3) is 0.250. The van der Waals surface area contributed by atoms with Crippen molar-refractivity contribution in [1.82, 2.24) is 5.32 Å². The van der Waals surface area contributed by atoms with Crippen molar-refractivity contribution in [3.8, 4) is 0 Å². The summed E-state index contributed by atoms with van der Waals surface area (Å²) in [5.74, 6) is 0. The molecule has 0 atom stereocenters. The first-order valence-corrected chi connectivity index (χ1v) is 3.83. The summed E-state index contributed by atoms with van der Waals surface area (Å²) in [6.45, 7) is 0.793. The van der Waals surface area contributed by atoms with E-state index in [2.05, 4.69) is 5.32 Å². The Hall–Kier alpha value is -0.835. The second-order valence-corrected chi connectivity index (χ2v) is 2.65. The summed E-state index contributed by atoms with van der Waals surface area (Å²) in [5.41, 5.74) is 1.65. The molecule has 1 aromatic rings. The molecule has 3 N–H and O–H groups in total. The van der Waals surface area contributed by atoms with Crippen LogP contribution in [0.15, 0.2) is 24.3 Å². The molecule has 0 bridgehead atoms. The lowest BCUT2D eigenvalue weighted by Crippen LogP contribution is -2.29. The van der Waals surface area contributed by atoms with Gasteiger partial charge < -0.3 is 15.4 Å². The van der Waals surface area contributed by atoms with Gasteiger partial charge in [0, 0.05) is 6.54 Å². The summed E-state index contributed by atoms with van der Waals surface area (Å²) in [4.78, 5) is 0. The van der Waals surface area contributed by atoms with Gasteiger partial charge in [-0.2, -0.15) is 0 Å². The van der Waals surface area contributed by atoms with Crippen molar-refractivity contribution in [2.75, 3.05) is 7.05 Å². The van der Waals surface area contributed by atoms with E-state index in [4.69, 9.17) is 10.0 Å². The average Bonchev–Trinajstić information content (AvgIpc) is 2.06. The van der Waals surface area contributed by atoms with Crippen molar-refractivity contribution < 1.29 is 10.0 Å². The van der Waals surface area contributed by atoms with Crippen LogP contribution in [0.4, 0.5) is 0 Å². The summed E-state index contributed by atoms with van der Waals surface area (Å²) < 4.78 is 0. The molecule has 4 heteroatoms. The average molecular weight is 165 g/mol. The van der Waals surface area contributed by atoms with E-state index >= 15 is 0 Å². The molecule has 1 aromatic carbocycles. The van der Waals surface area contributed by atoms with Gasteiger partial charge in [0.05, 0.1) is 0 Å². The molecular formula is C8H12BNO2. The van der Waals surface area contributed by atoms with Crippen LogP contribution >= 0.6 is 0 Å². The van der Waals surface area contributed by atoms with Gasteiger partial charge in [-0.15, -0.1) is 0 Å². The van der Waals surface area contributed by atoms with Crippen LogP contribution in [0, 0.1) is 0 Å². The van der Waals surface area contributed by atoms with E-state index in [0.717, 1.165) is 12.1 Å². The number of benzene rings is 1. The molecule has 0 saturated carbocycles. The monoisotopic (exact) mass is 165 g/mol. The Morgan fingerprint density at radius 3 is 2.25 bits per heavy atom. The molecule has 0 radical (unpaired) electrons. The van der Waals surface area contributed by atoms with Crippen LogP contribution in [0.3, 0.4) is 0 Å². The highest BCUT2D eigenvalue weighted by Gasteiger charge is 2.08. The molecule has 0 spiro atoms. The second-order valence-electron chi connectivity index (χ2n) is 2.65. The van der Waals surface area contributed by atoms with Crippen LogP contribution in [0.5, 0.6) is 0 Å². The van der Waals surface area contributed by atoms with Gasteiger partial charge in [0.25, 0.3) is 0 Å². The lowest BCUT2D eigenvalue weighted by molar-refractivity contribution is 0.426. The van der Waals surface area contributed by atoms with Crippen LogP contribution < -0.4 is 10.8 Å². The van der Waals surface area contributed by atoms with Crippen molar-refractivity contribution in [2.45, 2.75) is 6.54 Å². The van der Waals surface area contributed by atoms with Gasteiger partial charge in [0.15, 0.2) is 0 Å². The third-order valence-electron chi connectivity index (χ3n) is 1.66. The smallest absolute Gasteiger partial charge is 0.423 e. The molecule has 1 rings (SSSR count). The van der Waals surface area contributed by atoms with Crippen LogP contribution in [0.25, 0.3) is 0 Å². The molecule has 0 unspecified atom stereocenters. The number of rotatable bonds is 3. The predicted molar refractivity (Wildman–Crippen MR) is 49.0 cm³/mol. The van der Waals surface area contributed by atoms with Gasteiger partial charge in [0.1, 0.15) is 0 Å². The molecule has 3 nitrogen and oxygen atoms in total. The highest BCUT2D eigenvalue weighted by atomic mass is 16.4. The minimum Gasteiger partial charge on any atom is -0.423 e. The fourth-order valence-electron chi connectivity index (χ4n) is 1.01. The molecule has 12 heavy (non-hydrogen) atoms. The van der Waals surface area contributed by atoms with Gasteiger partial charge in [-0.05, 0) is 18.1 Å². The first-order valence-electron chi connectivity index (χ1n) is 3.83. The zero-order valence-corrected chi connectivity index (χ0v) is 6.99. The minimum atomic E-state index is -1.37. The van der Waals surface area contributed by atoms with Crippen molar-refractivity contribution >= 4 is 12.6 Å². The number of nitrogens with one attached hydrogen (secondary N) is 1. The standard InChI is InChI=1S/C8H12BNO2/c1-10-6-7-2-4-8(5-3-7)9(11)12/h2-5,10-12H,6H2,1H3. The quantitative estimate of drug-likeness (QED) is 0.508. The molecule has 64 valence electrons. The number of hydrogen-bond donors (Lipinski definition) is 3. The summed E-state index contributed by atoms with van der Waals surface area (Å²) in [6.07, 6.45) is 0. The Labute approximate surface area is 72.2 Å². The lowest BCUT2D eigenvalue weighted by Gasteiger charge is -2.01. The molecule has 0 aliphatic rings. The summed E-state index contributed by atoms with van der Waals surface area (Å²) in [6, 6.07) is 7.14. The van der Waals surface area contributed by atoms with E-state index < -0.39 is 7.12 Å². The Morgan fingerprint density at radius 1 is 1.25 bits per heavy atom. The molecule has 0 saturated heterocycles. The topological polar surface area (TPSA) is 52.5 Å². The highest BCUT2D eigenvalue weighted by Crippen LogP contribution is 1.95. The first kappa shape index (κ1) is 9.25. The van der Waals surface area contributed by atoms with Crippen LogP contribution in [0.1, 0.15) is 5.56 Å². The van der Waals surface area contributed by atoms with Crippen molar-refractivity contribution in [2.24, 2.45) is 0 Å².